The second-order valence-electron chi connectivity index (χ2n) is 5.35. The van der Waals surface area contributed by atoms with Crippen LogP contribution in [0.3, 0.4) is 0 Å². The molecule has 2 rings (SSSR count). The Kier molecular flexibility index (Phi) is 4.62. The number of carbonyl (C=O) groups excluding carboxylic acids is 1. The number of aryl methyl sites for hydroxylation is 1. The summed E-state index contributed by atoms with van der Waals surface area (Å²) in [5.74, 6) is -0.942. The molecule has 1 atom stereocenters. The van der Waals surface area contributed by atoms with Gasteiger partial charge in [0.05, 0.1) is 0 Å². The second kappa shape index (κ2) is 6.43. The molecule has 1 saturated heterocycles. The fourth-order valence-corrected chi connectivity index (χ4v) is 2.69. The standard InChI is InChI=1S/C16H20N2O3/c1-11-9-13(4-6-16(20)21)3-5-15(11)18-8-7-14(10-18)17-12(2)19/h3-6,9,14H,7-8,10H2,1-2H3,(H,17,19)(H,20,21)/b6-4+. The van der Waals surface area contributed by atoms with Crippen LogP contribution in [-0.4, -0.2) is 36.1 Å². The molecule has 0 aliphatic carbocycles. The lowest BCUT2D eigenvalue weighted by atomic mass is 10.1. The summed E-state index contributed by atoms with van der Waals surface area (Å²) in [5, 5.41) is 11.6. The molecule has 1 aromatic rings. The Morgan fingerprint density at radius 2 is 2.19 bits per heavy atom. The largest absolute Gasteiger partial charge is 0.478 e. The zero-order chi connectivity index (χ0) is 15.4. The fraction of sp³-hybridized carbons (Fsp3) is 0.375. The van der Waals surface area contributed by atoms with E-state index in [-0.39, 0.29) is 11.9 Å². The number of carboxylic acid groups (broad SMARTS) is 1. The molecule has 1 amide bonds. The summed E-state index contributed by atoms with van der Waals surface area (Å²) in [7, 11) is 0. The van der Waals surface area contributed by atoms with Gasteiger partial charge in [0, 0.05) is 37.8 Å². The van der Waals surface area contributed by atoms with E-state index in [0.717, 1.165) is 42.4 Å². The van der Waals surface area contributed by atoms with E-state index in [1.165, 1.54) is 6.92 Å². The third-order valence-corrected chi connectivity index (χ3v) is 3.58. The highest BCUT2D eigenvalue weighted by molar-refractivity contribution is 5.85. The number of amides is 1. The SMILES string of the molecule is CC(=O)NC1CCN(c2ccc(/C=C/C(=O)O)cc2C)C1. The maximum atomic E-state index is 11.1. The van der Waals surface area contributed by atoms with E-state index in [2.05, 4.69) is 10.2 Å². The molecule has 21 heavy (non-hydrogen) atoms. The van der Waals surface area contributed by atoms with Gasteiger partial charge in [-0.2, -0.15) is 0 Å². The van der Waals surface area contributed by atoms with E-state index >= 15 is 0 Å². The number of rotatable bonds is 4. The minimum Gasteiger partial charge on any atom is -0.478 e. The van der Waals surface area contributed by atoms with E-state index in [1.54, 1.807) is 6.08 Å². The van der Waals surface area contributed by atoms with Gasteiger partial charge in [0.15, 0.2) is 0 Å². The van der Waals surface area contributed by atoms with Crippen molar-refractivity contribution in [2.75, 3.05) is 18.0 Å². The average molecular weight is 288 g/mol. The van der Waals surface area contributed by atoms with E-state index in [0.29, 0.717) is 0 Å². The predicted molar refractivity (Wildman–Crippen MR) is 82.3 cm³/mol. The Labute approximate surface area is 124 Å². The number of hydrogen-bond donors (Lipinski definition) is 2. The van der Waals surface area contributed by atoms with Crippen molar-refractivity contribution in [1.82, 2.24) is 5.32 Å². The zero-order valence-corrected chi connectivity index (χ0v) is 12.3. The number of aliphatic carboxylic acids is 1. The summed E-state index contributed by atoms with van der Waals surface area (Å²) < 4.78 is 0. The Balaban J connectivity index is 2.08. The van der Waals surface area contributed by atoms with Crippen LogP contribution in [0.25, 0.3) is 6.08 Å². The maximum Gasteiger partial charge on any atom is 0.328 e. The zero-order valence-electron chi connectivity index (χ0n) is 12.3. The van der Waals surface area contributed by atoms with E-state index in [9.17, 15) is 9.59 Å². The Hall–Kier alpha value is -2.30. The van der Waals surface area contributed by atoms with Crippen LogP contribution < -0.4 is 10.2 Å². The third kappa shape index (κ3) is 4.08. The van der Waals surface area contributed by atoms with Gasteiger partial charge in [-0.05, 0) is 42.7 Å². The first-order valence-corrected chi connectivity index (χ1v) is 6.99. The molecular formula is C16H20N2O3. The number of nitrogens with one attached hydrogen (secondary N) is 1. The molecule has 0 spiro atoms. The minimum absolute atomic E-state index is 0.00716. The first-order valence-electron chi connectivity index (χ1n) is 6.99. The number of carbonyl (C=O) groups is 2. The van der Waals surface area contributed by atoms with Gasteiger partial charge in [-0.3, -0.25) is 4.79 Å². The van der Waals surface area contributed by atoms with Crippen molar-refractivity contribution in [1.29, 1.82) is 0 Å². The molecule has 1 aliphatic rings. The highest BCUT2D eigenvalue weighted by Crippen LogP contribution is 2.25. The van der Waals surface area contributed by atoms with Crippen LogP contribution in [0, 0.1) is 6.92 Å². The quantitative estimate of drug-likeness (QED) is 0.829. The Morgan fingerprint density at radius 1 is 1.43 bits per heavy atom. The van der Waals surface area contributed by atoms with Crippen molar-refractivity contribution in [2.45, 2.75) is 26.3 Å². The molecule has 1 unspecified atom stereocenters. The normalized spacial score (nSPS) is 18.2. The van der Waals surface area contributed by atoms with Gasteiger partial charge in [-0.1, -0.05) is 6.07 Å². The molecule has 2 N–H and O–H groups in total. The molecule has 1 fully saturated rings. The number of nitrogens with zero attached hydrogens (tertiary/aromatic N) is 1. The van der Waals surface area contributed by atoms with Crippen LogP contribution >= 0.6 is 0 Å². The molecule has 0 bridgehead atoms. The van der Waals surface area contributed by atoms with Crippen molar-refractivity contribution in [2.24, 2.45) is 0 Å². The molecule has 0 aromatic heterocycles. The lowest BCUT2D eigenvalue weighted by molar-refractivity contribution is -0.131. The highest BCUT2D eigenvalue weighted by atomic mass is 16.4. The molecule has 1 heterocycles. The van der Waals surface area contributed by atoms with Crippen LogP contribution in [0.5, 0.6) is 0 Å². The molecule has 5 nitrogen and oxygen atoms in total. The number of hydrogen-bond acceptors (Lipinski definition) is 3. The maximum absolute atomic E-state index is 11.1. The molecule has 5 heteroatoms. The van der Waals surface area contributed by atoms with Crippen LogP contribution in [0.1, 0.15) is 24.5 Å². The van der Waals surface area contributed by atoms with Crippen LogP contribution in [0.15, 0.2) is 24.3 Å². The third-order valence-electron chi connectivity index (χ3n) is 3.58. The molecule has 0 saturated carbocycles. The highest BCUT2D eigenvalue weighted by Gasteiger charge is 2.23. The fourth-order valence-electron chi connectivity index (χ4n) is 2.69. The summed E-state index contributed by atoms with van der Waals surface area (Å²) in [5.41, 5.74) is 3.11. The number of carboxylic acids is 1. The van der Waals surface area contributed by atoms with E-state index in [1.807, 2.05) is 25.1 Å². The monoisotopic (exact) mass is 288 g/mol. The van der Waals surface area contributed by atoms with Crippen molar-refractivity contribution >= 4 is 23.6 Å². The first kappa shape index (κ1) is 15.1. The molecule has 1 aromatic carbocycles. The molecular weight excluding hydrogens is 268 g/mol. The van der Waals surface area contributed by atoms with E-state index in [4.69, 9.17) is 5.11 Å². The van der Waals surface area contributed by atoms with Gasteiger partial charge >= 0.3 is 5.97 Å². The summed E-state index contributed by atoms with van der Waals surface area (Å²) in [6, 6.07) is 6.09. The van der Waals surface area contributed by atoms with Crippen LogP contribution in [-0.2, 0) is 9.59 Å². The Morgan fingerprint density at radius 3 is 2.81 bits per heavy atom. The summed E-state index contributed by atoms with van der Waals surface area (Å²) >= 11 is 0. The second-order valence-corrected chi connectivity index (χ2v) is 5.35. The lowest BCUT2D eigenvalue weighted by Gasteiger charge is -2.21. The van der Waals surface area contributed by atoms with Gasteiger partial charge < -0.3 is 15.3 Å². The van der Waals surface area contributed by atoms with Crippen molar-refractivity contribution in [3.8, 4) is 0 Å². The predicted octanol–water partition coefficient (Wildman–Crippen LogP) is 1.81. The van der Waals surface area contributed by atoms with E-state index < -0.39 is 5.97 Å². The number of benzene rings is 1. The average Bonchev–Trinajstić information content (AvgIpc) is 2.83. The van der Waals surface area contributed by atoms with Crippen molar-refractivity contribution in [3.63, 3.8) is 0 Å². The molecule has 0 radical (unpaired) electrons. The van der Waals surface area contributed by atoms with Gasteiger partial charge in [-0.25, -0.2) is 4.79 Å². The molecule has 1 aliphatic heterocycles. The smallest absolute Gasteiger partial charge is 0.328 e. The van der Waals surface area contributed by atoms with Gasteiger partial charge in [0.2, 0.25) is 5.91 Å². The summed E-state index contributed by atoms with van der Waals surface area (Å²) in [4.78, 5) is 23.9. The van der Waals surface area contributed by atoms with Crippen molar-refractivity contribution in [3.05, 3.63) is 35.4 Å². The first-order chi connectivity index (χ1) is 9.95. The topological polar surface area (TPSA) is 69.6 Å². The van der Waals surface area contributed by atoms with Gasteiger partial charge in [-0.15, -0.1) is 0 Å². The number of anilines is 1. The van der Waals surface area contributed by atoms with Crippen molar-refractivity contribution < 1.29 is 14.7 Å². The van der Waals surface area contributed by atoms with Crippen LogP contribution in [0.4, 0.5) is 5.69 Å². The summed E-state index contributed by atoms with van der Waals surface area (Å²) in [6.45, 7) is 5.28. The van der Waals surface area contributed by atoms with Gasteiger partial charge in [0.25, 0.3) is 0 Å². The van der Waals surface area contributed by atoms with Gasteiger partial charge in [0.1, 0.15) is 0 Å². The lowest BCUT2D eigenvalue weighted by Crippen LogP contribution is -2.35. The Bertz CT molecular complexity index is 581. The minimum atomic E-state index is -0.950. The molecule has 112 valence electrons. The summed E-state index contributed by atoms with van der Waals surface area (Å²) in [6.07, 6.45) is 3.67. The van der Waals surface area contributed by atoms with Crippen LogP contribution in [0.2, 0.25) is 0 Å².